The van der Waals surface area contributed by atoms with Crippen molar-refractivity contribution in [2.45, 2.75) is 13.5 Å². The van der Waals surface area contributed by atoms with E-state index in [2.05, 4.69) is 50.2 Å². The molecule has 1 fully saturated rings. The zero-order chi connectivity index (χ0) is 30.1. The van der Waals surface area contributed by atoms with Crippen molar-refractivity contribution in [1.82, 2.24) is 29.5 Å². The molecule has 2 aromatic heterocycles. The standard InChI is InChI=1S/C32H32ClN7O3/c1-20-15-23(8-7-22(20)18-40-13-11-38(2)12-14-40)34-31(42)26-17-25(9-10-28(26)33)43-32-27-19-39(3)37-30(27)35-29(36-32)21-5-4-6-24(41)16-21/h4-10,15-17,19,41H,11-14,18H2,1-3H3,(H,34,42). The lowest BCUT2D eigenvalue weighted by molar-refractivity contribution is 0.102. The maximum atomic E-state index is 13.3. The Labute approximate surface area is 254 Å². The van der Waals surface area contributed by atoms with Crippen LogP contribution in [0.4, 0.5) is 5.69 Å². The number of ether oxygens (including phenoxy) is 1. The number of amides is 1. The molecular formula is C32H32ClN7O3. The van der Waals surface area contributed by atoms with Gasteiger partial charge in [-0.15, -0.1) is 0 Å². The van der Waals surface area contributed by atoms with Gasteiger partial charge in [0.1, 0.15) is 16.9 Å². The Hall–Kier alpha value is -4.51. The number of aromatic hydroxyl groups is 1. The third-order valence-corrected chi connectivity index (χ3v) is 7.88. The second-order valence-corrected chi connectivity index (χ2v) is 11.3. The largest absolute Gasteiger partial charge is 0.508 e. The summed E-state index contributed by atoms with van der Waals surface area (Å²) in [7, 11) is 3.93. The molecule has 0 saturated carbocycles. The minimum Gasteiger partial charge on any atom is -0.508 e. The zero-order valence-electron chi connectivity index (χ0n) is 24.2. The third kappa shape index (κ3) is 6.46. The number of hydrogen-bond acceptors (Lipinski definition) is 8. The predicted octanol–water partition coefficient (Wildman–Crippen LogP) is 5.49. The average Bonchev–Trinajstić information content (AvgIpc) is 3.37. The van der Waals surface area contributed by atoms with Crippen LogP contribution in [0.3, 0.4) is 0 Å². The van der Waals surface area contributed by atoms with Gasteiger partial charge in [0.05, 0.1) is 10.6 Å². The molecule has 0 bridgehead atoms. The van der Waals surface area contributed by atoms with E-state index in [9.17, 15) is 9.90 Å². The molecule has 1 amide bonds. The molecule has 1 aliphatic rings. The Morgan fingerprint density at radius 2 is 1.84 bits per heavy atom. The van der Waals surface area contributed by atoms with Crippen molar-refractivity contribution in [3.63, 3.8) is 0 Å². The van der Waals surface area contributed by atoms with Gasteiger partial charge in [-0.25, -0.2) is 4.98 Å². The number of halogens is 1. The van der Waals surface area contributed by atoms with E-state index in [-0.39, 0.29) is 23.1 Å². The van der Waals surface area contributed by atoms with Crippen molar-refractivity contribution in [3.8, 4) is 28.8 Å². The van der Waals surface area contributed by atoms with Gasteiger partial charge in [-0.2, -0.15) is 10.1 Å². The van der Waals surface area contributed by atoms with Gasteiger partial charge in [0.2, 0.25) is 5.88 Å². The number of fused-ring (bicyclic) bond motifs is 1. The van der Waals surface area contributed by atoms with Crippen LogP contribution in [0.25, 0.3) is 22.4 Å². The van der Waals surface area contributed by atoms with Gasteiger partial charge >= 0.3 is 0 Å². The number of nitrogens with one attached hydrogen (secondary N) is 1. The minimum absolute atomic E-state index is 0.0953. The number of aromatic nitrogens is 4. The van der Waals surface area contributed by atoms with Gasteiger partial charge in [-0.1, -0.05) is 29.8 Å². The maximum Gasteiger partial charge on any atom is 0.257 e. The fourth-order valence-corrected chi connectivity index (χ4v) is 5.30. The smallest absolute Gasteiger partial charge is 0.257 e. The number of phenolic OH excluding ortho intramolecular Hbond substituents is 1. The Kier molecular flexibility index (Phi) is 7.98. The van der Waals surface area contributed by atoms with Gasteiger partial charge in [0.25, 0.3) is 5.91 Å². The van der Waals surface area contributed by atoms with Crippen LogP contribution >= 0.6 is 11.6 Å². The van der Waals surface area contributed by atoms with Gasteiger partial charge in [-0.05, 0) is 67.6 Å². The summed E-state index contributed by atoms with van der Waals surface area (Å²) in [5.74, 6) is 0.723. The van der Waals surface area contributed by atoms with Crippen molar-refractivity contribution < 1.29 is 14.6 Å². The average molecular weight is 598 g/mol. The first-order valence-electron chi connectivity index (χ1n) is 14.0. The molecule has 10 nitrogen and oxygen atoms in total. The molecule has 3 aromatic carbocycles. The summed E-state index contributed by atoms with van der Waals surface area (Å²) in [6.45, 7) is 7.18. The fourth-order valence-electron chi connectivity index (χ4n) is 5.09. The first-order valence-corrected chi connectivity index (χ1v) is 14.4. The van der Waals surface area contributed by atoms with E-state index >= 15 is 0 Å². The van der Waals surface area contributed by atoms with E-state index in [0.29, 0.717) is 38.9 Å². The molecule has 1 aliphatic heterocycles. The second kappa shape index (κ2) is 12.0. The molecule has 5 aromatic rings. The molecule has 1 saturated heterocycles. The molecule has 0 aliphatic carbocycles. The van der Waals surface area contributed by atoms with Gasteiger partial charge in [0.15, 0.2) is 11.5 Å². The van der Waals surface area contributed by atoms with Gasteiger partial charge < -0.3 is 20.1 Å². The first kappa shape index (κ1) is 28.6. The number of carbonyl (C=O) groups is 1. The van der Waals surface area contributed by atoms with Crippen molar-refractivity contribution in [1.29, 1.82) is 0 Å². The number of rotatable bonds is 7. The topological polar surface area (TPSA) is 109 Å². The summed E-state index contributed by atoms with van der Waals surface area (Å²) in [5.41, 5.74) is 4.36. The Balaban J connectivity index is 1.22. The Bertz CT molecular complexity index is 1810. The van der Waals surface area contributed by atoms with Crippen molar-refractivity contribution >= 4 is 34.2 Å². The number of piperazine rings is 1. The molecule has 0 radical (unpaired) electrons. The van der Waals surface area contributed by atoms with E-state index in [0.717, 1.165) is 38.3 Å². The summed E-state index contributed by atoms with van der Waals surface area (Å²) >= 11 is 6.47. The van der Waals surface area contributed by atoms with E-state index in [1.165, 1.54) is 5.56 Å². The minimum atomic E-state index is -0.351. The highest BCUT2D eigenvalue weighted by Gasteiger charge is 2.18. The van der Waals surface area contributed by atoms with E-state index in [1.54, 1.807) is 60.4 Å². The number of aryl methyl sites for hydroxylation is 2. The monoisotopic (exact) mass is 597 g/mol. The summed E-state index contributed by atoms with van der Waals surface area (Å²) in [6, 6.07) is 17.5. The second-order valence-electron chi connectivity index (χ2n) is 10.9. The molecule has 0 spiro atoms. The van der Waals surface area contributed by atoms with Crippen molar-refractivity contribution in [2.24, 2.45) is 7.05 Å². The Morgan fingerprint density at radius 1 is 1.02 bits per heavy atom. The summed E-state index contributed by atoms with van der Waals surface area (Å²) in [4.78, 5) is 27.3. The van der Waals surface area contributed by atoms with Crippen LogP contribution in [0.1, 0.15) is 21.5 Å². The van der Waals surface area contributed by atoms with E-state index in [1.807, 2.05) is 12.1 Å². The van der Waals surface area contributed by atoms with Crippen LogP contribution in [-0.4, -0.2) is 73.8 Å². The molecule has 220 valence electrons. The molecule has 0 atom stereocenters. The summed E-state index contributed by atoms with van der Waals surface area (Å²) in [6.07, 6.45) is 1.76. The van der Waals surface area contributed by atoms with Crippen molar-refractivity contribution in [2.75, 3.05) is 38.5 Å². The lowest BCUT2D eigenvalue weighted by Gasteiger charge is -2.32. The molecule has 2 N–H and O–H groups in total. The van der Waals surface area contributed by atoms with Crippen molar-refractivity contribution in [3.05, 3.63) is 88.6 Å². The lowest BCUT2D eigenvalue weighted by atomic mass is 10.1. The highest BCUT2D eigenvalue weighted by atomic mass is 35.5. The molecule has 0 unspecified atom stereocenters. The highest BCUT2D eigenvalue weighted by Crippen LogP contribution is 2.32. The normalized spacial score (nSPS) is 14.2. The zero-order valence-corrected chi connectivity index (χ0v) is 25.0. The van der Waals surface area contributed by atoms with Crippen LogP contribution in [0, 0.1) is 6.92 Å². The fraction of sp³-hybridized carbons (Fsp3) is 0.250. The number of phenols is 1. The number of carbonyl (C=O) groups excluding carboxylic acids is 1. The number of nitrogens with zero attached hydrogens (tertiary/aromatic N) is 6. The molecule has 6 rings (SSSR count). The van der Waals surface area contributed by atoms with E-state index < -0.39 is 0 Å². The molecular weight excluding hydrogens is 566 g/mol. The maximum absolute atomic E-state index is 13.3. The van der Waals surface area contributed by atoms with Crippen LogP contribution in [0.5, 0.6) is 17.4 Å². The number of likely N-dealkylation sites (N-methyl/N-ethyl adjacent to an activating group) is 1. The SMILES string of the molecule is Cc1cc(NC(=O)c2cc(Oc3nc(-c4cccc(O)c4)nc4nn(C)cc34)ccc2Cl)ccc1CN1CCN(C)CC1. The number of anilines is 1. The lowest BCUT2D eigenvalue weighted by Crippen LogP contribution is -2.43. The van der Waals surface area contributed by atoms with Crippen LogP contribution in [0.2, 0.25) is 5.02 Å². The molecule has 11 heteroatoms. The van der Waals surface area contributed by atoms with Crippen LogP contribution < -0.4 is 10.1 Å². The predicted molar refractivity (Wildman–Crippen MR) is 167 cm³/mol. The number of hydrogen-bond donors (Lipinski definition) is 2. The molecule has 43 heavy (non-hydrogen) atoms. The summed E-state index contributed by atoms with van der Waals surface area (Å²) < 4.78 is 7.82. The Morgan fingerprint density at radius 3 is 2.60 bits per heavy atom. The van der Waals surface area contributed by atoms with Crippen LogP contribution in [-0.2, 0) is 13.6 Å². The van der Waals surface area contributed by atoms with Crippen LogP contribution in [0.15, 0.2) is 66.9 Å². The van der Waals surface area contributed by atoms with E-state index in [4.69, 9.17) is 16.3 Å². The van der Waals surface area contributed by atoms with Gasteiger partial charge in [0, 0.05) is 57.2 Å². The quantitative estimate of drug-likeness (QED) is 0.254. The number of benzene rings is 3. The molecule has 3 heterocycles. The third-order valence-electron chi connectivity index (χ3n) is 7.55. The van der Waals surface area contributed by atoms with Gasteiger partial charge in [-0.3, -0.25) is 14.4 Å². The highest BCUT2D eigenvalue weighted by molar-refractivity contribution is 6.34. The summed E-state index contributed by atoms with van der Waals surface area (Å²) in [5, 5.41) is 18.2. The first-order chi connectivity index (χ1) is 20.7.